The molecule has 2 aliphatic carbocycles. The highest BCUT2D eigenvalue weighted by atomic mass is 16.5. The number of hydrogen-bond donors (Lipinski definition) is 0. The Morgan fingerprint density at radius 2 is 1.74 bits per heavy atom. The number of fused-ring (bicyclic) bond motifs is 1. The van der Waals surface area contributed by atoms with Crippen molar-refractivity contribution in [1.29, 1.82) is 0 Å². The Balaban J connectivity index is 0.000000924. The van der Waals surface area contributed by atoms with Crippen molar-refractivity contribution < 1.29 is 4.74 Å². The molecule has 2 aliphatic rings. The largest absolute Gasteiger partial charge is 0.439 e. The molecule has 1 aromatic rings. The lowest BCUT2D eigenvalue weighted by molar-refractivity contribution is 0.372. The van der Waals surface area contributed by atoms with Crippen LogP contribution in [0.4, 0.5) is 0 Å². The molecule has 126 valence electrons. The first-order valence-electron chi connectivity index (χ1n) is 8.90. The van der Waals surface area contributed by atoms with E-state index in [2.05, 4.69) is 37.9 Å². The molecule has 0 radical (unpaired) electrons. The van der Waals surface area contributed by atoms with Crippen molar-refractivity contribution in [3.05, 3.63) is 40.6 Å². The Bertz CT molecular complexity index is 627. The van der Waals surface area contributed by atoms with Crippen LogP contribution in [0.2, 0.25) is 0 Å². The number of ether oxygens (including phenoxy) is 1. The van der Waals surface area contributed by atoms with Crippen molar-refractivity contribution in [2.75, 3.05) is 0 Å². The summed E-state index contributed by atoms with van der Waals surface area (Å²) >= 11 is 0. The summed E-state index contributed by atoms with van der Waals surface area (Å²) in [5.74, 6) is 2.54. The maximum absolute atomic E-state index is 6.18. The predicted octanol–water partition coefficient (Wildman–Crippen LogP) is 5.43. The van der Waals surface area contributed by atoms with E-state index >= 15 is 0 Å². The van der Waals surface area contributed by atoms with E-state index in [1.807, 2.05) is 20.8 Å². The second kappa shape index (κ2) is 7.29. The monoisotopic (exact) mass is 314 g/mol. The number of aromatic nitrogens is 2. The van der Waals surface area contributed by atoms with Gasteiger partial charge in [0.1, 0.15) is 11.6 Å². The van der Waals surface area contributed by atoms with Gasteiger partial charge in [-0.05, 0) is 57.6 Å². The van der Waals surface area contributed by atoms with Gasteiger partial charge in [-0.3, -0.25) is 0 Å². The van der Waals surface area contributed by atoms with Crippen molar-refractivity contribution in [3.8, 4) is 5.88 Å². The second-order valence-electron chi connectivity index (χ2n) is 6.78. The van der Waals surface area contributed by atoms with Gasteiger partial charge in [0.25, 0.3) is 0 Å². The van der Waals surface area contributed by atoms with Crippen molar-refractivity contribution in [1.82, 2.24) is 9.97 Å². The Morgan fingerprint density at radius 1 is 1.04 bits per heavy atom. The zero-order valence-electron chi connectivity index (χ0n) is 15.5. The Hall–Kier alpha value is -1.64. The maximum atomic E-state index is 6.18. The Morgan fingerprint density at radius 3 is 2.43 bits per heavy atom. The number of hydrogen-bond acceptors (Lipinski definition) is 3. The number of aryl methyl sites for hydroxylation is 1. The van der Waals surface area contributed by atoms with Crippen LogP contribution in [0.25, 0.3) is 0 Å². The van der Waals surface area contributed by atoms with E-state index in [1.54, 1.807) is 0 Å². The first-order chi connectivity index (χ1) is 11.0. The minimum atomic E-state index is 0.116. The highest BCUT2D eigenvalue weighted by Gasteiger charge is 2.32. The molecule has 3 rings (SSSR count). The van der Waals surface area contributed by atoms with Crippen LogP contribution < -0.4 is 4.74 Å². The second-order valence-corrected chi connectivity index (χ2v) is 6.78. The quantitative estimate of drug-likeness (QED) is 0.730. The molecule has 3 nitrogen and oxygen atoms in total. The van der Waals surface area contributed by atoms with Gasteiger partial charge in [-0.2, -0.15) is 4.98 Å². The van der Waals surface area contributed by atoms with Gasteiger partial charge in [-0.15, -0.1) is 0 Å². The Kier molecular flexibility index (Phi) is 5.61. The fourth-order valence-electron chi connectivity index (χ4n) is 3.27. The third-order valence-corrected chi connectivity index (χ3v) is 4.49. The topological polar surface area (TPSA) is 35.0 Å². The van der Waals surface area contributed by atoms with Crippen molar-refractivity contribution in [2.24, 2.45) is 0 Å². The average molecular weight is 314 g/mol. The summed E-state index contributed by atoms with van der Waals surface area (Å²) in [6, 6.07) is 0. The average Bonchev–Trinajstić information content (AvgIpc) is 2.52. The van der Waals surface area contributed by atoms with E-state index in [-0.39, 0.29) is 5.41 Å². The molecule has 1 aromatic heterocycles. The highest BCUT2D eigenvalue weighted by molar-refractivity contribution is 5.40. The molecular weight excluding hydrogens is 284 g/mol. The predicted molar refractivity (Wildman–Crippen MR) is 95.8 cm³/mol. The van der Waals surface area contributed by atoms with Crippen molar-refractivity contribution in [2.45, 2.75) is 79.1 Å². The molecule has 0 unspecified atom stereocenters. The molecule has 0 aromatic carbocycles. The van der Waals surface area contributed by atoms with Crippen LogP contribution in [0, 0.1) is 6.92 Å². The Labute approximate surface area is 140 Å². The highest BCUT2D eigenvalue weighted by Crippen LogP contribution is 2.39. The van der Waals surface area contributed by atoms with Gasteiger partial charge >= 0.3 is 0 Å². The fourth-order valence-corrected chi connectivity index (χ4v) is 3.27. The summed E-state index contributed by atoms with van der Waals surface area (Å²) in [7, 11) is 0. The summed E-state index contributed by atoms with van der Waals surface area (Å²) < 4.78 is 6.18. The number of allylic oxidation sites excluding steroid dienone is 3. The van der Waals surface area contributed by atoms with Gasteiger partial charge < -0.3 is 4.74 Å². The van der Waals surface area contributed by atoms with E-state index < -0.39 is 0 Å². The minimum absolute atomic E-state index is 0.116. The van der Waals surface area contributed by atoms with E-state index in [4.69, 9.17) is 9.72 Å². The summed E-state index contributed by atoms with van der Waals surface area (Å²) in [6.07, 6.45) is 9.93. The molecule has 0 bridgehead atoms. The molecule has 1 heterocycles. The summed E-state index contributed by atoms with van der Waals surface area (Å²) in [6.45, 7) is 12.6. The van der Waals surface area contributed by atoms with E-state index in [0.29, 0.717) is 0 Å². The van der Waals surface area contributed by atoms with Crippen LogP contribution in [0.1, 0.15) is 77.4 Å². The van der Waals surface area contributed by atoms with Crippen LogP contribution >= 0.6 is 0 Å². The summed E-state index contributed by atoms with van der Waals surface area (Å²) in [4.78, 5) is 9.29. The molecule has 0 saturated carbocycles. The molecule has 0 fully saturated rings. The first-order valence-corrected chi connectivity index (χ1v) is 8.90. The lowest BCUT2D eigenvalue weighted by atomic mass is 9.76. The molecule has 3 heteroatoms. The minimum Gasteiger partial charge on any atom is -0.439 e. The molecule has 0 aliphatic heterocycles. The molecule has 23 heavy (non-hydrogen) atoms. The van der Waals surface area contributed by atoms with Crippen molar-refractivity contribution >= 4 is 0 Å². The third-order valence-electron chi connectivity index (χ3n) is 4.49. The normalized spacial score (nSPS) is 18.9. The SMILES string of the molecule is CC.CC1=CCCC=C1Oc1nc(C)nc2c1CCCC2(C)C. The lowest BCUT2D eigenvalue weighted by Gasteiger charge is -2.32. The first kappa shape index (κ1) is 17.7. The molecule has 0 atom stereocenters. The third kappa shape index (κ3) is 3.82. The van der Waals surface area contributed by atoms with E-state index in [0.717, 1.165) is 36.7 Å². The van der Waals surface area contributed by atoms with Crippen LogP contribution in [-0.4, -0.2) is 9.97 Å². The van der Waals surface area contributed by atoms with Crippen LogP contribution in [0.3, 0.4) is 0 Å². The van der Waals surface area contributed by atoms with Gasteiger partial charge in [-0.25, -0.2) is 4.98 Å². The molecule has 0 amide bonds. The van der Waals surface area contributed by atoms with E-state index in [9.17, 15) is 0 Å². The zero-order valence-corrected chi connectivity index (χ0v) is 15.5. The lowest BCUT2D eigenvalue weighted by Crippen LogP contribution is -2.27. The molecule has 0 spiro atoms. The molecule has 0 N–H and O–H groups in total. The summed E-state index contributed by atoms with van der Waals surface area (Å²) in [5, 5.41) is 0. The van der Waals surface area contributed by atoms with Crippen LogP contribution in [0.15, 0.2) is 23.5 Å². The maximum Gasteiger partial charge on any atom is 0.226 e. The standard InChI is InChI=1S/C18H24N2O.C2H6/c1-12-8-5-6-10-15(12)21-17-14-9-7-11-18(3,4)16(14)19-13(2)20-17;1-2/h8,10H,5-7,9,11H2,1-4H3;1-2H3. The van der Waals surface area contributed by atoms with Gasteiger partial charge in [0, 0.05) is 11.0 Å². The van der Waals surface area contributed by atoms with Gasteiger partial charge in [0.15, 0.2) is 0 Å². The molecule has 0 saturated heterocycles. The van der Waals surface area contributed by atoms with Gasteiger partial charge in [-0.1, -0.05) is 33.8 Å². The molecular formula is C20H30N2O. The number of nitrogens with zero attached hydrogens (tertiary/aromatic N) is 2. The number of rotatable bonds is 2. The van der Waals surface area contributed by atoms with Crippen molar-refractivity contribution in [3.63, 3.8) is 0 Å². The van der Waals surface area contributed by atoms with E-state index in [1.165, 1.54) is 29.7 Å². The smallest absolute Gasteiger partial charge is 0.226 e. The van der Waals surface area contributed by atoms with Gasteiger partial charge in [0.2, 0.25) is 5.88 Å². The van der Waals surface area contributed by atoms with Crippen LogP contribution in [0.5, 0.6) is 5.88 Å². The van der Waals surface area contributed by atoms with Gasteiger partial charge in [0.05, 0.1) is 5.69 Å². The zero-order chi connectivity index (χ0) is 17.0. The van der Waals surface area contributed by atoms with Crippen LogP contribution in [-0.2, 0) is 11.8 Å². The fraction of sp³-hybridized carbons (Fsp3) is 0.600. The summed E-state index contributed by atoms with van der Waals surface area (Å²) in [5.41, 5.74) is 3.71.